The molecule has 1 aliphatic heterocycles. The van der Waals surface area contributed by atoms with Crippen molar-refractivity contribution in [1.29, 1.82) is 0 Å². The summed E-state index contributed by atoms with van der Waals surface area (Å²) in [4.78, 5) is 31.0. The van der Waals surface area contributed by atoms with E-state index in [0.29, 0.717) is 15.5 Å². The fourth-order valence-corrected chi connectivity index (χ4v) is 5.95. The summed E-state index contributed by atoms with van der Waals surface area (Å²) in [5.74, 6) is 3.37. The lowest BCUT2D eigenvalue weighted by atomic mass is 10.1. The van der Waals surface area contributed by atoms with Gasteiger partial charge in [0.15, 0.2) is 14.1 Å². The number of nitrogens with one attached hydrogen (secondary N) is 3. The quantitative estimate of drug-likeness (QED) is 0.0914. The molecule has 1 saturated heterocycles. The van der Waals surface area contributed by atoms with Crippen molar-refractivity contribution in [2.45, 2.75) is 69.8 Å². The number of aromatic nitrogens is 4. The summed E-state index contributed by atoms with van der Waals surface area (Å²) in [5, 5.41) is 5.62. The van der Waals surface area contributed by atoms with Crippen LogP contribution in [-0.4, -0.2) is 80.7 Å². The number of alkyl halides is 1. The summed E-state index contributed by atoms with van der Waals surface area (Å²) < 4.78 is 23.9. The second-order valence-electron chi connectivity index (χ2n) is 12.6. The highest BCUT2D eigenvalue weighted by molar-refractivity contribution is 8.01. The van der Waals surface area contributed by atoms with Gasteiger partial charge in [0, 0.05) is 35.4 Å². The monoisotopic (exact) mass is 782 g/mol. The molecule has 1 aliphatic rings. The largest absolute Gasteiger partial charge is 0.497 e. The first-order chi connectivity index (χ1) is 23.6. The van der Waals surface area contributed by atoms with E-state index in [2.05, 4.69) is 29.3 Å². The fraction of sp³-hybridized carbons (Fsp3) is 0.471. The number of carbonyl (C=O) groups excluding carboxylic acids is 2. The van der Waals surface area contributed by atoms with E-state index in [1.54, 1.807) is 14.2 Å². The van der Waals surface area contributed by atoms with Gasteiger partial charge in [-0.15, -0.1) is 11.6 Å². The average molecular weight is 784 g/mol. The van der Waals surface area contributed by atoms with Gasteiger partial charge in [-0.3, -0.25) is 14.0 Å². The van der Waals surface area contributed by atoms with Crippen LogP contribution in [0.1, 0.15) is 54.4 Å². The smallest absolute Gasteiger partial charge is 0.235 e. The van der Waals surface area contributed by atoms with Crippen LogP contribution in [0.3, 0.4) is 0 Å². The van der Waals surface area contributed by atoms with Crippen LogP contribution in [0.25, 0.3) is 22.8 Å². The molecule has 50 heavy (non-hydrogen) atoms. The average Bonchev–Trinajstić information content (AvgIpc) is 3.88. The molecule has 4 aromatic rings. The van der Waals surface area contributed by atoms with Crippen molar-refractivity contribution in [3.8, 4) is 34.3 Å². The fourth-order valence-electron chi connectivity index (χ4n) is 3.77. The Bertz CT molecular complexity index is 1620. The Morgan fingerprint density at radius 2 is 1.40 bits per heavy atom. The number of H-pyrrole nitrogens is 1. The van der Waals surface area contributed by atoms with Crippen molar-refractivity contribution in [2.24, 2.45) is 0 Å². The number of halogens is 1. The molecule has 0 aliphatic carbocycles. The summed E-state index contributed by atoms with van der Waals surface area (Å²) in [7, 11) is 3.28. The molecular weight excluding hydrogens is 736 g/mol. The molecule has 2 amide bonds. The zero-order valence-corrected chi connectivity index (χ0v) is 33.8. The van der Waals surface area contributed by atoms with E-state index in [-0.39, 0.29) is 28.8 Å². The third-order valence-electron chi connectivity index (χ3n) is 5.86. The Morgan fingerprint density at radius 3 is 1.80 bits per heavy atom. The number of amides is 2. The molecule has 0 unspecified atom stereocenters. The third kappa shape index (κ3) is 18.2. The standard InChI is InChI=1S/C15H19N3O2S2.C9H8N2OS2.C6H12ClNO.C4H8O/c1-15(2,3)17-12(19)9-21-14-16-13(18-22-14)10-5-7-11(20-4)8-6-10;1-12-7-4-2-6(3-5-7)8-10-9(13)14-11-8;1-6(2,3)8-5(9)4-7;1-2-4-5-3-1/h5-8H,9H2,1-4H3,(H,17,19);2-5H,1H3,(H,10,11,13);4H2,1-3H3,(H,8,9);1-4H2. The summed E-state index contributed by atoms with van der Waals surface area (Å²) >= 11 is 14.2. The second kappa shape index (κ2) is 22.0. The Hall–Kier alpha value is -3.08. The van der Waals surface area contributed by atoms with Gasteiger partial charge < -0.3 is 24.8 Å². The summed E-state index contributed by atoms with van der Waals surface area (Å²) in [6.45, 7) is 13.6. The van der Waals surface area contributed by atoms with Gasteiger partial charge >= 0.3 is 0 Å². The molecular formula is C34H47ClN6O5S4. The molecule has 0 saturated carbocycles. The topological polar surface area (TPSA) is 140 Å². The van der Waals surface area contributed by atoms with E-state index >= 15 is 0 Å². The van der Waals surface area contributed by atoms with E-state index in [4.69, 9.17) is 38.0 Å². The molecule has 11 nitrogen and oxygen atoms in total. The minimum atomic E-state index is -0.215. The highest BCUT2D eigenvalue weighted by Crippen LogP contribution is 2.26. The second-order valence-corrected chi connectivity index (χ2v) is 16.3. The summed E-state index contributed by atoms with van der Waals surface area (Å²) in [6.07, 6.45) is 2.56. The lowest BCUT2D eigenvalue weighted by Gasteiger charge is -2.19. The van der Waals surface area contributed by atoms with E-state index in [9.17, 15) is 9.59 Å². The lowest BCUT2D eigenvalue weighted by Crippen LogP contribution is -2.41. The van der Waals surface area contributed by atoms with Crippen LogP contribution in [0.4, 0.5) is 0 Å². The number of aromatic amines is 1. The van der Waals surface area contributed by atoms with Crippen molar-refractivity contribution in [2.75, 3.05) is 39.1 Å². The van der Waals surface area contributed by atoms with Crippen LogP contribution in [0, 0.1) is 3.95 Å². The molecule has 274 valence electrons. The van der Waals surface area contributed by atoms with Crippen molar-refractivity contribution in [1.82, 2.24) is 29.3 Å². The molecule has 0 spiro atoms. The first kappa shape index (κ1) is 43.1. The predicted octanol–water partition coefficient (Wildman–Crippen LogP) is 8.03. The van der Waals surface area contributed by atoms with E-state index < -0.39 is 0 Å². The number of rotatable bonds is 8. The molecule has 0 bridgehead atoms. The number of nitrogens with zero attached hydrogens (tertiary/aromatic N) is 3. The lowest BCUT2D eigenvalue weighted by molar-refractivity contribution is -0.120. The molecule has 0 radical (unpaired) electrons. The van der Waals surface area contributed by atoms with Gasteiger partial charge in [0.25, 0.3) is 0 Å². The molecule has 3 N–H and O–H groups in total. The molecule has 2 aromatic carbocycles. The van der Waals surface area contributed by atoms with Gasteiger partial charge in [-0.25, -0.2) is 9.97 Å². The number of benzene rings is 2. The molecule has 16 heteroatoms. The van der Waals surface area contributed by atoms with Crippen molar-refractivity contribution in [3.05, 3.63) is 52.5 Å². The van der Waals surface area contributed by atoms with Crippen molar-refractivity contribution >= 4 is 70.5 Å². The van der Waals surface area contributed by atoms with Gasteiger partial charge in [-0.05, 0) is 138 Å². The number of thioether (sulfide) groups is 1. The van der Waals surface area contributed by atoms with Gasteiger partial charge in [-0.1, -0.05) is 11.8 Å². The van der Waals surface area contributed by atoms with Gasteiger partial charge in [0.2, 0.25) is 11.8 Å². The summed E-state index contributed by atoms with van der Waals surface area (Å²) in [5.41, 5.74) is 1.57. The molecule has 3 heterocycles. The minimum absolute atomic E-state index is 0.00121. The van der Waals surface area contributed by atoms with E-state index in [1.165, 1.54) is 47.7 Å². The highest BCUT2D eigenvalue weighted by Gasteiger charge is 2.15. The molecule has 5 rings (SSSR count). The maximum absolute atomic E-state index is 11.8. The number of hydrogen-bond acceptors (Lipinski definition) is 12. The number of hydrogen-bond donors (Lipinski definition) is 3. The van der Waals surface area contributed by atoms with E-state index in [1.807, 2.05) is 90.1 Å². The highest BCUT2D eigenvalue weighted by atomic mass is 35.5. The SMILES string of the molecule is C1CCOC1.CC(C)(C)NC(=O)CCl.COc1ccc(-c2nc(=S)s[nH]2)cc1.COc1ccc(-c2nsc(SCC(=O)NC(C)(C)C)n2)cc1. The van der Waals surface area contributed by atoms with Gasteiger partial charge in [0.05, 0.1) is 20.0 Å². The Balaban J connectivity index is 0.000000263. The van der Waals surface area contributed by atoms with Crippen LogP contribution in [0.15, 0.2) is 52.9 Å². The predicted molar refractivity (Wildman–Crippen MR) is 208 cm³/mol. The van der Waals surface area contributed by atoms with Gasteiger partial charge in [0.1, 0.15) is 23.2 Å². The Morgan fingerprint density at radius 1 is 0.880 bits per heavy atom. The zero-order valence-electron chi connectivity index (χ0n) is 29.8. The van der Waals surface area contributed by atoms with Crippen molar-refractivity contribution in [3.63, 3.8) is 0 Å². The molecule has 2 aromatic heterocycles. The number of carbonyl (C=O) groups is 2. The first-order valence-corrected chi connectivity index (χ1v) is 19.2. The maximum atomic E-state index is 11.8. The number of methoxy groups -OCH3 is 2. The zero-order chi connectivity index (χ0) is 37.2. The third-order valence-corrected chi connectivity index (χ3v) is 8.84. The van der Waals surface area contributed by atoms with Crippen LogP contribution >= 0.6 is 58.6 Å². The van der Waals surface area contributed by atoms with Crippen LogP contribution in [-0.2, 0) is 14.3 Å². The normalized spacial score (nSPS) is 12.2. The maximum Gasteiger partial charge on any atom is 0.235 e. The Kier molecular flexibility index (Phi) is 18.9. The molecule has 0 atom stereocenters. The van der Waals surface area contributed by atoms with E-state index in [0.717, 1.165) is 46.0 Å². The molecule has 1 fully saturated rings. The van der Waals surface area contributed by atoms with Crippen LogP contribution in [0.2, 0.25) is 0 Å². The van der Waals surface area contributed by atoms with Crippen LogP contribution in [0.5, 0.6) is 11.5 Å². The Labute approximate surface area is 317 Å². The van der Waals surface area contributed by atoms with Gasteiger partial charge in [-0.2, -0.15) is 4.37 Å². The first-order valence-electron chi connectivity index (χ1n) is 15.7. The van der Waals surface area contributed by atoms with Crippen molar-refractivity contribution < 1.29 is 23.8 Å². The minimum Gasteiger partial charge on any atom is -0.497 e. The van der Waals surface area contributed by atoms with Crippen LogP contribution < -0.4 is 20.1 Å². The summed E-state index contributed by atoms with van der Waals surface area (Å²) in [6, 6.07) is 15.3. The number of ether oxygens (including phenoxy) is 3.